The molecule has 1 unspecified atom stereocenters. The molecule has 1 aromatic carbocycles. The zero-order valence-corrected chi connectivity index (χ0v) is 8.04. The number of benzene rings is 1. The number of rotatable bonds is 1. The Morgan fingerprint density at radius 1 is 1.43 bits per heavy atom. The van der Waals surface area contributed by atoms with Crippen LogP contribution in [-0.2, 0) is 4.79 Å². The molecule has 3 nitrogen and oxygen atoms in total. The van der Waals surface area contributed by atoms with E-state index in [1.54, 1.807) is 24.3 Å². The Kier molecular flexibility index (Phi) is 2.29. The highest BCUT2D eigenvalue weighted by Gasteiger charge is 2.25. The molecule has 1 heterocycles. The lowest BCUT2D eigenvalue weighted by atomic mass is 10.1. The lowest BCUT2D eigenvalue weighted by molar-refractivity contribution is -0.304. The van der Waals surface area contributed by atoms with Crippen LogP contribution in [0.15, 0.2) is 29.2 Å². The van der Waals surface area contributed by atoms with Crippen LogP contribution in [0.25, 0.3) is 0 Å². The van der Waals surface area contributed by atoms with E-state index in [0.29, 0.717) is 5.56 Å². The molecule has 0 amide bonds. The largest absolute Gasteiger partial charge is 0.549 e. The van der Waals surface area contributed by atoms with Gasteiger partial charge in [-0.1, -0.05) is 18.2 Å². The monoisotopic (exact) mass is 207 g/mol. The molecular formula is C10H7O3S-. The molecule has 1 aromatic rings. The van der Waals surface area contributed by atoms with E-state index in [-0.39, 0.29) is 12.2 Å². The highest BCUT2D eigenvalue weighted by Crippen LogP contribution is 2.34. The minimum absolute atomic E-state index is 0.0318. The number of ketones is 1. The first-order valence-corrected chi connectivity index (χ1v) is 5.06. The Morgan fingerprint density at radius 2 is 2.14 bits per heavy atom. The summed E-state index contributed by atoms with van der Waals surface area (Å²) in [7, 11) is 0. The normalized spacial score (nSPS) is 20.3. The summed E-state index contributed by atoms with van der Waals surface area (Å²) in [6, 6.07) is 7.04. The van der Waals surface area contributed by atoms with Crippen molar-refractivity contribution in [2.75, 3.05) is 0 Å². The van der Waals surface area contributed by atoms with E-state index in [1.165, 1.54) is 11.8 Å². The highest BCUT2D eigenvalue weighted by molar-refractivity contribution is 8.00. The summed E-state index contributed by atoms with van der Waals surface area (Å²) in [4.78, 5) is 22.9. The maximum absolute atomic E-state index is 11.5. The summed E-state index contributed by atoms with van der Waals surface area (Å²) < 4.78 is 0. The SMILES string of the molecule is O=C1CC(C(=O)[O-])Sc2ccccc21. The predicted molar refractivity (Wildman–Crippen MR) is 50.0 cm³/mol. The van der Waals surface area contributed by atoms with E-state index in [2.05, 4.69) is 0 Å². The van der Waals surface area contributed by atoms with Crippen molar-refractivity contribution < 1.29 is 14.7 Å². The third-order valence-electron chi connectivity index (χ3n) is 2.09. The third-order valence-corrected chi connectivity index (χ3v) is 3.34. The van der Waals surface area contributed by atoms with E-state index in [0.717, 1.165) is 4.90 Å². The van der Waals surface area contributed by atoms with Gasteiger partial charge >= 0.3 is 0 Å². The molecule has 0 aromatic heterocycles. The number of aliphatic carboxylic acids is 1. The second-order valence-electron chi connectivity index (χ2n) is 3.05. The quantitative estimate of drug-likeness (QED) is 0.672. The summed E-state index contributed by atoms with van der Waals surface area (Å²) in [5, 5.41) is 9.89. The van der Waals surface area contributed by atoms with Crippen molar-refractivity contribution in [3.8, 4) is 0 Å². The van der Waals surface area contributed by atoms with E-state index in [9.17, 15) is 14.7 Å². The van der Waals surface area contributed by atoms with Crippen LogP contribution in [-0.4, -0.2) is 17.0 Å². The minimum atomic E-state index is -1.17. The lowest BCUT2D eigenvalue weighted by Crippen LogP contribution is -2.36. The van der Waals surface area contributed by atoms with Gasteiger partial charge in [0.05, 0.1) is 11.2 Å². The lowest BCUT2D eigenvalue weighted by Gasteiger charge is -2.23. The number of Topliss-reactive ketones (excluding diaryl/α,β-unsaturated/α-hetero) is 1. The van der Waals surface area contributed by atoms with Crippen molar-refractivity contribution in [3.63, 3.8) is 0 Å². The van der Waals surface area contributed by atoms with Gasteiger partial charge in [-0.05, 0) is 6.07 Å². The number of hydrogen-bond acceptors (Lipinski definition) is 4. The first kappa shape index (κ1) is 9.27. The van der Waals surface area contributed by atoms with Gasteiger partial charge in [-0.2, -0.15) is 0 Å². The number of hydrogen-bond donors (Lipinski definition) is 0. The van der Waals surface area contributed by atoms with Gasteiger partial charge in [-0.15, -0.1) is 11.8 Å². The van der Waals surface area contributed by atoms with Crippen molar-refractivity contribution in [2.24, 2.45) is 0 Å². The average molecular weight is 207 g/mol. The Labute approximate surface area is 85.1 Å². The van der Waals surface area contributed by atoms with E-state index < -0.39 is 11.2 Å². The number of carbonyl (C=O) groups excluding carboxylic acids is 2. The van der Waals surface area contributed by atoms with Crippen molar-refractivity contribution >= 4 is 23.5 Å². The van der Waals surface area contributed by atoms with Gasteiger partial charge in [-0.3, -0.25) is 4.79 Å². The molecular weight excluding hydrogens is 200 g/mol. The Balaban J connectivity index is 2.38. The molecule has 4 heteroatoms. The van der Waals surface area contributed by atoms with Gasteiger partial charge in [0.1, 0.15) is 0 Å². The van der Waals surface area contributed by atoms with Gasteiger partial charge in [0.15, 0.2) is 5.78 Å². The second-order valence-corrected chi connectivity index (χ2v) is 4.29. The molecule has 14 heavy (non-hydrogen) atoms. The zero-order valence-electron chi connectivity index (χ0n) is 7.23. The second kappa shape index (κ2) is 3.46. The average Bonchev–Trinajstić information content (AvgIpc) is 2.17. The molecule has 2 rings (SSSR count). The van der Waals surface area contributed by atoms with Crippen LogP contribution < -0.4 is 5.11 Å². The van der Waals surface area contributed by atoms with Gasteiger partial charge < -0.3 is 9.90 Å². The number of fused-ring (bicyclic) bond motifs is 1. The van der Waals surface area contributed by atoms with Crippen LogP contribution in [0.3, 0.4) is 0 Å². The number of carboxylic acids is 1. The smallest absolute Gasteiger partial charge is 0.165 e. The molecule has 0 aliphatic carbocycles. The van der Waals surface area contributed by atoms with Gasteiger partial charge in [0, 0.05) is 16.9 Å². The van der Waals surface area contributed by atoms with Crippen LogP contribution in [0.5, 0.6) is 0 Å². The number of carbonyl (C=O) groups is 2. The topological polar surface area (TPSA) is 57.2 Å². The maximum atomic E-state index is 11.5. The fourth-order valence-electron chi connectivity index (χ4n) is 1.40. The number of thioether (sulfide) groups is 1. The molecule has 0 saturated carbocycles. The molecule has 0 saturated heterocycles. The summed E-state index contributed by atoms with van der Waals surface area (Å²) in [5.41, 5.74) is 0.620. The van der Waals surface area contributed by atoms with Crippen molar-refractivity contribution in [2.45, 2.75) is 16.6 Å². The Morgan fingerprint density at radius 3 is 2.86 bits per heavy atom. The first-order chi connectivity index (χ1) is 6.68. The molecule has 1 aliphatic rings. The first-order valence-electron chi connectivity index (χ1n) is 4.18. The summed E-state index contributed by atoms with van der Waals surface area (Å²) >= 11 is 1.19. The molecule has 0 N–H and O–H groups in total. The van der Waals surface area contributed by atoms with E-state index >= 15 is 0 Å². The van der Waals surface area contributed by atoms with Crippen LogP contribution in [0, 0.1) is 0 Å². The predicted octanol–water partition coefficient (Wildman–Crippen LogP) is 0.484. The molecule has 0 radical (unpaired) electrons. The van der Waals surface area contributed by atoms with Crippen molar-refractivity contribution in [1.82, 2.24) is 0 Å². The van der Waals surface area contributed by atoms with Crippen LogP contribution in [0.2, 0.25) is 0 Å². The van der Waals surface area contributed by atoms with Crippen molar-refractivity contribution in [3.05, 3.63) is 29.8 Å². The molecule has 72 valence electrons. The van der Waals surface area contributed by atoms with Gasteiger partial charge in [0.25, 0.3) is 0 Å². The van der Waals surface area contributed by atoms with E-state index in [1.807, 2.05) is 0 Å². The van der Waals surface area contributed by atoms with E-state index in [4.69, 9.17) is 0 Å². The summed E-state index contributed by atoms with van der Waals surface area (Å²) in [5.74, 6) is -1.29. The Bertz CT molecular complexity index is 400. The molecule has 0 bridgehead atoms. The molecule has 1 aliphatic heterocycles. The summed E-state index contributed by atoms with van der Waals surface area (Å²) in [6.45, 7) is 0. The van der Waals surface area contributed by atoms with Gasteiger partial charge in [0.2, 0.25) is 0 Å². The fraction of sp³-hybridized carbons (Fsp3) is 0.200. The third kappa shape index (κ3) is 1.53. The van der Waals surface area contributed by atoms with Crippen molar-refractivity contribution in [1.29, 1.82) is 0 Å². The zero-order chi connectivity index (χ0) is 10.1. The molecule has 0 spiro atoms. The highest BCUT2D eigenvalue weighted by atomic mass is 32.2. The summed E-state index contributed by atoms with van der Waals surface area (Å²) in [6.07, 6.45) is 0.0318. The fourth-order valence-corrected chi connectivity index (χ4v) is 2.51. The van der Waals surface area contributed by atoms with Crippen LogP contribution >= 0.6 is 11.8 Å². The number of carboxylic acid groups (broad SMARTS) is 1. The molecule has 0 fully saturated rings. The molecule has 1 atom stereocenters. The maximum Gasteiger partial charge on any atom is 0.165 e. The van der Waals surface area contributed by atoms with Gasteiger partial charge in [-0.25, -0.2) is 0 Å². The standard InChI is InChI=1S/C10H8O3S/c11-7-5-9(10(12)13)14-8-4-2-1-3-6(7)8/h1-4,9H,5H2,(H,12,13)/p-1. The van der Waals surface area contributed by atoms with Crippen LogP contribution in [0.4, 0.5) is 0 Å². The van der Waals surface area contributed by atoms with Crippen LogP contribution in [0.1, 0.15) is 16.8 Å². The Hall–Kier alpha value is -1.29. The minimum Gasteiger partial charge on any atom is -0.549 e.